The summed E-state index contributed by atoms with van der Waals surface area (Å²) in [4.78, 5) is 29.0. The van der Waals surface area contributed by atoms with Gasteiger partial charge in [0.05, 0.1) is 37.8 Å². The van der Waals surface area contributed by atoms with Crippen molar-refractivity contribution in [1.29, 1.82) is 0 Å². The highest BCUT2D eigenvalue weighted by molar-refractivity contribution is 6.34. The fourth-order valence-corrected chi connectivity index (χ4v) is 4.39. The van der Waals surface area contributed by atoms with E-state index in [1.54, 1.807) is 12.1 Å². The van der Waals surface area contributed by atoms with E-state index in [-0.39, 0.29) is 27.7 Å². The lowest BCUT2D eigenvalue weighted by molar-refractivity contribution is -0.924. The molecule has 1 aliphatic heterocycles. The minimum atomic E-state index is -0.356. The smallest absolute Gasteiger partial charge is 0.361 e. The zero-order chi connectivity index (χ0) is 22.0. The fraction of sp³-hybridized carbons (Fsp3) is 0.682. The minimum Gasteiger partial charge on any atom is -0.461 e. The maximum atomic E-state index is 12.6. The molecule has 1 aromatic rings. The van der Waals surface area contributed by atoms with Crippen molar-refractivity contribution in [3.05, 3.63) is 28.0 Å². The number of hydrogen-bond acceptors (Lipinski definition) is 4. The normalized spacial score (nSPS) is 16.7. The largest absolute Gasteiger partial charge is 0.461 e. The molecule has 1 atom stereocenters. The van der Waals surface area contributed by atoms with E-state index in [1.165, 1.54) is 6.42 Å². The van der Waals surface area contributed by atoms with Gasteiger partial charge in [-0.15, -0.1) is 0 Å². The van der Waals surface area contributed by atoms with Crippen LogP contribution in [-0.4, -0.2) is 60.7 Å². The minimum absolute atomic E-state index is 0.121. The lowest BCUT2D eigenvalue weighted by Gasteiger charge is -2.40. The summed E-state index contributed by atoms with van der Waals surface area (Å²) in [6.45, 7) is 8.10. The number of halogens is 2. The van der Waals surface area contributed by atoms with Crippen LogP contribution in [0, 0.1) is 5.92 Å². The summed E-state index contributed by atoms with van der Waals surface area (Å²) < 4.78 is 6.27. The molecule has 8 heteroatoms. The zero-order valence-electron chi connectivity index (χ0n) is 18.1. The average Bonchev–Trinajstić information content (AvgIpc) is 2.73. The highest BCUT2D eigenvalue weighted by atomic mass is 35.5. The van der Waals surface area contributed by atoms with Crippen molar-refractivity contribution in [2.45, 2.75) is 52.4 Å². The van der Waals surface area contributed by atoms with Crippen molar-refractivity contribution >= 4 is 35.1 Å². The number of carbonyl (C=O) groups is 2. The topological polar surface area (TPSA) is 68.3 Å². The first-order chi connectivity index (χ1) is 14.4. The van der Waals surface area contributed by atoms with Crippen LogP contribution in [0.15, 0.2) is 12.1 Å². The molecular weight excluding hydrogens is 425 g/mol. The molecular formula is C22H34Cl2N3O3+. The Hall–Kier alpha value is -1.37. The van der Waals surface area contributed by atoms with E-state index >= 15 is 0 Å². The Morgan fingerprint density at radius 1 is 1.20 bits per heavy atom. The molecule has 1 aliphatic rings. The van der Waals surface area contributed by atoms with Crippen LogP contribution in [0.5, 0.6) is 0 Å². The summed E-state index contributed by atoms with van der Waals surface area (Å²) in [5.74, 6) is -0.0640. The van der Waals surface area contributed by atoms with Gasteiger partial charge in [-0.05, 0) is 43.7 Å². The second-order valence-corrected chi connectivity index (χ2v) is 8.99. The molecule has 1 saturated heterocycles. The van der Waals surface area contributed by atoms with E-state index in [0.717, 1.165) is 45.2 Å². The third kappa shape index (κ3) is 7.71. The third-order valence-electron chi connectivity index (χ3n) is 5.88. The number of nitrogens with one attached hydrogen (secondary N) is 1. The molecule has 0 aromatic carbocycles. The first-order valence-corrected chi connectivity index (χ1v) is 11.8. The molecule has 0 radical (unpaired) electrons. The Morgan fingerprint density at radius 2 is 1.93 bits per heavy atom. The van der Waals surface area contributed by atoms with Crippen LogP contribution in [0.3, 0.4) is 0 Å². The van der Waals surface area contributed by atoms with Crippen molar-refractivity contribution in [2.75, 3.05) is 39.3 Å². The summed E-state index contributed by atoms with van der Waals surface area (Å²) in [6, 6.07) is 3.10. The lowest BCUT2D eigenvalue weighted by Crippen LogP contribution is -2.57. The summed E-state index contributed by atoms with van der Waals surface area (Å²) in [5, 5.41) is 3.36. The number of aromatic nitrogens is 1. The standard InChI is InChI=1S/C22H33Cl2N3O3/c1-3-8-17(4-2)16-30-20(28)15-27(12-6-5-7-13-27)14-11-25-22(29)21-18(23)9-10-19(24)26-21/h9-10,17H,3-8,11-16H2,1-2H3/p+1/t17-/m1/s1. The molecule has 0 aliphatic carbocycles. The molecule has 0 bridgehead atoms. The fourth-order valence-electron chi connectivity index (χ4n) is 4.06. The van der Waals surface area contributed by atoms with E-state index in [1.807, 2.05) is 0 Å². The number of likely N-dealkylation sites (tertiary alicyclic amines) is 1. The molecule has 1 fully saturated rings. The number of rotatable bonds is 11. The van der Waals surface area contributed by atoms with Crippen molar-refractivity contribution in [2.24, 2.45) is 5.92 Å². The Bertz CT molecular complexity index is 709. The molecule has 0 unspecified atom stereocenters. The maximum Gasteiger partial charge on any atom is 0.361 e. The predicted molar refractivity (Wildman–Crippen MR) is 120 cm³/mol. The van der Waals surface area contributed by atoms with E-state index in [9.17, 15) is 9.59 Å². The number of piperidine rings is 1. The van der Waals surface area contributed by atoms with Crippen LogP contribution in [0.2, 0.25) is 10.2 Å². The maximum absolute atomic E-state index is 12.6. The third-order valence-corrected chi connectivity index (χ3v) is 6.40. The predicted octanol–water partition coefficient (Wildman–Crippen LogP) is 4.49. The molecule has 2 heterocycles. The van der Waals surface area contributed by atoms with Crippen LogP contribution >= 0.6 is 23.2 Å². The Morgan fingerprint density at radius 3 is 2.60 bits per heavy atom. The van der Waals surface area contributed by atoms with Gasteiger partial charge in [-0.1, -0.05) is 49.9 Å². The van der Waals surface area contributed by atoms with Crippen LogP contribution in [0.1, 0.15) is 62.9 Å². The number of amides is 1. The number of esters is 1. The van der Waals surface area contributed by atoms with Crippen LogP contribution in [0.25, 0.3) is 0 Å². The van der Waals surface area contributed by atoms with Gasteiger partial charge in [-0.2, -0.15) is 0 Å². The average molecular weight is 459 g/mol. The van der Waals surface area contributed by atoms with Gasteiger partial charge in [0.25, 0.3) is 5.91 Å². The summed E-state index contributed by atoms with van der Waals surface area (Å²) in [6.07, 6.45) is 6.54. The molecule has 1 N–H and O–H groups in total. The molecule has 6 nitrogen and oxygen atoms in total. The van der Waals surface area contributed by atoms with Gasteiger partial charge in [0, 0.05) is 0 Å². The van der Waals surface area contributed by atoms with Gasteiger partial charge in [-0.25, -0.2) is 9.78 Å². The second-order valence-electron chi connectivity index (χ2n) is 8.20. The summed E-state index contributed by atoms with van der Waals surface area (Å²) >= 11 is 11.9. The molecule has 2 rings (SSSR count). The van der Waals surface area contributed by atoms with Gasteiger partial charge >= 0.3 is 5.97 Å². The van der Waals surface area contributed by atoms with Crippen molar-refractivity contribution < 1.29 is 18.8 Å². The molecule has 0 saturated carbocycles. The lowest BCUT2D eigenvalue weighted by atomic mass is 10.0. The van der Waals surface area contributed by atoms with E-state index in [4.69, 9.17) is 27.9 Å². The number of ether oxygens (including phenoxy) is 1. The van der Waals surface area contributed by atoms with Gasteiger partial charge in [0.2, 0.25) is 0 Å². The monoisotopic (exact) mass is 458 g/mol. The van der Waals surface area contributed by atoms with Gasteiger partial charge < -0.3 is 14.5 Å². The van der Waals surface area contributed by atoms with Crippen LogP contribution in [-0.2, 0) is 9.53 Å². The first-order valence-electron chi connectivity index (χ1n) is 11.0. The Kier molecular flexibility index (Phi) is 10.4. The van der Waals surface area contributed by atoms with E-state index in [2.05, 4.69) is 24.1 Å². The van der Waals surface area contributed by atoms with Gasteiger partial charge in [-0.3, -0.25) is 4.79 Å². The van der Waals surface area contributed by atoms with E-state index < -0.39 is 0 Å². The summed E-state index contributed by atoms with van der Waals surface area (Å²) in [5.41, 5.74) is 0.121. The first kappa shape index (κ1) is 24.9. The zero-order valence-corrected chi connectivity index (χ0v) is 19.6. The Labute approximate surface area is 189 Å². The number of hydrogen-bond donors (Lipinski definition) is 1. The van der Waals surface area contributed by atoms with Crippen molar-refractivity contribution in [3.8, 4) is 0 Å². The van der Waals surface area contributed by atoms with E-state index in [0.29, 0.717) is 36.6 Å². The number of carbonyl (C=O) groups excluding carboxylic acids is 2. The van der Waals surface area contributed by atoms with Gasteiger partial charge in [0.15, 0.2) is 6.54 Å². The number of nitrogens with zero attached hydrogens (tertiary/aromatic N) is 2. The quantitative estimate of drug-likeness (QED) is 0.301. The highest BCUT2D eigenvalue weighted by Gasteiger charge is 2.33. The van der Waals surface area contributed by atoms with Crippen LogP contribution in [0.4, 0.5) is 0 Å². The highest BCUT2D eigenvalue weighted by Crippen LogP contribution is 2.20. The number of quaternary nitrogens is 1. The molecule has 1 aromatic heterocycles. The molecule has 30 heavy (non-hydrogen) atoms. The molecule has 0 spiro atoms. The second kappa shape index (κ2) is 12.5. The van der Waals surface area contributed by atoms with Crippen LogP contribution < -0.4 is 5.32 Å². The Balaban J connectivity index is 1.90. The SMILES string of the molecule is CCC[C@@H](CC)COC(=O)C[N+]1(CCNC(=O)c2nc(Cl)ccc2Cl)CCCCC1. The van der Waals surface area contributed by atoms with Crippen molar-refractivity contribution in [3.63, 3.8) is 0 Å². The van der Waals surface area contributed by atoms with Gasteiger partial charge in [0.1, 0.15) is 10.8 Å². The van der Waals surface area contributed by atoms with Crippen molar-refractivity contribution in [1.82, 2.24) is 10.3 Å². The molecule has 168 valence electrons. The number of pyridine rings is 1. The molecule has 1 amide bonds. The summed E-state index contributed by atoms with van der Waals surface area (Å²) in [7, 11) is 0.